The van der Waals surface area contributed by atoms with Crippen LogP contribution < -0.4 is 5.32 Å². The van der Waals surface area contributed by atoms with Crippen LogP contribution in [0.5, 0.6) is 0 Å². The van der Waals surface area contributed by atoms with Gasteiger partial charge in [-0.1, -0.05) is 30.3 Å². The molecule has 0 fully saturated rings. The molecule has 2 rings (SSSR count). The van der Waals surface area contributed by atoms with Gasteiger partial charge in [0.25, 0.3) is 5.91 Å². The Morgan fingerprint density at radius 2 is 2.00 bits per heavy atom. The molecule has 1 aromatic carbocycles. The minimum absolute atomic E-state index is 0.114. The molecule has 0 saturated heterocycles. The molecule has 1 unspecified atom stereocenters. The van der Waals surface area contributed by atoms with Crippen molar-refractivity contribution in [2.45, 2.75) is 12.5 Å². The average molecular weight is 335 g/mol. The van der Waals surface area contributed by atoms with Crippen LogP contribution in [-0.2, 0) is 6.42 Å². The van der Waals surface area contributed by atoms with E-state index in [4.69, 9.17) is 0 Å². The quantitative estimate of drug-likeness (QED) is 0.880. The van der Waals surface area contributed by atoms with E-state index in [0.717, 1.165) is 10.0 Å². The number of aromatic nitrogens is 1. The third kappa shape index (κ3) is 4.15. The van der Waals surface area contributed by atoms with Crippen LogP contribution in [0.25, 0.3) is 0 Å². The van der Waals surface area contributed by atoms with E-state index in [1.54, 1.807) is 18.3 Å². The van der Waals surface area contributed by atoms with Gasteiger partial charge in [-0.3, -0.25) is 4.79 Å². The lowest BCUT2D eigenvalue weighted by atomic mass is 10.1. The summed E-state index contributed by atoms with van der Waals surface area (Å²) in [5, 5.41) is 12.2. The Morgan fingerprint density at radius 3 is 2.60 bits per heavy atom. The standard InChI is InChI=1S/C15H15BrN2O2/c16-12-6-7-14(17-9-12)15(20)18-13(10-19)8-11-4-2-1-3-5-11/h1-7,9,13,19H,8,10H2,(H,18,20). The fraction of sp³-hybridized carbons (Fsp3) is 0.200. The first kappa shape index (κ1) is 14.7. The van der Waals surface area contributed by atoms with Crippen LogP contribution >= 0.6 is 15.9 Å². The molecule has 1 atom stereocenters. The third-order valence-corrected chi connectivity index (χ3v) is 3.31. The molecule has 0 aliphatic rings. The first-order chi connectivity index (χ1) is 9.69. The van der Waals surface area contributed by atoms with Gasteiger partial charge in [-0.25, -0.2) is 4.98 Å². The summed E-state index contributed by atoms with van der Waals surface area (Å²) in [6.45, 7) is -0.114. The Hall–Kier alpha value is -1.72. The number of pyridine rings is 1. The second-order valence-corrected chi connectivity index (χ2v) is 5.32. The van der Waals surface area contributed by atoms with Crippen molar-refractivity contribution < 1.29 is 9.90 Å². The number of carbonyl (C=O) groups is 1. The van der Waals surface area contributed by atoms with E-state index in [9.17, 15) is 9.90 Å². The Kier molecular flexibility index (Phi) is 5.26. The largest absolute Gasteiger partial charge is 0.394 e. The summed E-state index contributed by atoms with van der Waals surface area (Å²) in [7, 11) is 0. The second kappa shape index (κ2) is 7.17. The number of nitrogens with zero attached hydrogens (tertiary/aromatic N) is 1. The van der Waals surface area contributed by atoms with E-state index in [1.807, 2.05) is 30.3 Å². The number of nitrogens with one attached hydrogen (secondary N) is 1. The van der Waals surface area contributed by atoms with Gasteiger partial charge in [0.15, 0.2) is 0 Å². The zero-order chi connectivity index (χ0) is 14.4. The number of amides is 1. The molecule has 0 aliphatic carbocycles. The minimum atomic E-state index is -0.324. The summed E-state index contributed by atoms with van der Waals surface area (Å²) in [6, 6.07) is 12.8. The predicted molar refractivity (Wildman–Crippen MR) is 80.4 cm³/mol. The number of hydrogen-bond acceptors (Lipinski definition) is 3. The van der Waals surface area contributed by atoms with E-state index in [0.29, 0.717) is 12.1 Å². The van der Waals surface area contributed by atoms with Crippen molar-refractivity contribution in [2.75, 3.05) is 6.61 Å². The molecular weight excluding hydrogens is 320 g/mol. The summed E-state index contributed by atoms with van der Waals surface area (Å²) in [4.78, 5) is 16.0. The molecule has 5 heteroatoms. The maximum absolute atomic E-state index is 12.0. The van der Waals surface area contributed by atoms with Crippen molar-refractivity contribution in [3.63, 3.8) is 0 Å². The van der Waals surface area contributed by atoms with Crippen molar-refractivity contribution >= 4 is 21.8 Å². The number of halogens is 1. The van der Waals surface area contributed by atoms with E-state index < -0.39 is 0 Å². The van der Waals surface area contributed by atoms with Crippen molar-refractivity contribution in [3.05, 3.63) is 64.4 Å². The fourth-order valence-electron chi connectivity index (χ4n) is 1.83. The molecule has 104 valence electrons. The molecular formula is C15H15BrN2O2. The number of aliphatic hydroxyl groups is 1. The molecule has 2 aromatic rings. The maximum Gasteiger partial charge on any atom is 0.270 e. The van der Waals surface area contributed by atoms with E-state index in [-0.39, 0.29) is 18.6 Å². The number of aliphatic hydroxyl groups excluding tert-OH is 1. The first-order valence-electron chi connectivity index (χ1n) is 6.26. The highest BCUT2D eigenvalue weighted by Gasteiger charge is 2.14. The topological polar surface area (TPSA) is 62.2 Å². The van der Waals surface area contributed by atoms with Gasteiger partial charge >= 0.3 is 0 Å². The lowest BCUT2D eigenvalue weighted by molar-refractivity contribution is 0.0911. The van der Waals surface area contributed by atoms with Crippen LogP contribution in [0.2, 0.25) is 0 Å². The van der Waals surface area contributed by atoms with Crippen LogP contribution in [-0.4, -0.2) is 28.6 Å². The highest BCUT2D eigenvalue weighted by atomic mass is 79.9. The molecule has 0 saturated carbocycles. The molecule has 1 heterocycles. The number of carbonyl (C=O) groups excluding carboxylic acids is 1. The molecule has 1 aromatic heterocycles. The fourth-order valence-corrected chi connectivity index (χ4v) is 2.06. The maximum atomic E-state index is 12.0. The Morgan fingerprint density at radius 1 is 1.25 bits per heavy atom. The highest BCUT2D eigenvalue weighted by molar-refractivity contribution is 9.10. The van der Waals surface area contributed by atoms with Crippen LogP contribution in [0, 0.1) is 0 Å². The van der Waals surface area contributed by atoms with Crippen molar-refractivity contribution in [3.8, 4) is 0 Å². The molecule has 0 bridgehead atoms. The second-order valence-electron chi connectivity index (χ2n) is 4.40. The molecule has 2 N–H and O–H groups in total. The Labute approximate surface area is 126 Å². The van der Waals surface area contributed by atoms with E-state index >= 15 is 0 Å². The number of benzene rings is 1. The van der Waals surface area contributed by atoms with E-state index in [1.165, 1.54) is 0 Å². The molecule has 4 nitrogen and oxygen atoms in total. The molecule has 20 heavy (non-hydrogen) atoms. The van der Waals surface area contributed by atoms with Gasteiger partial charge in [-0.2, -0.15) is 0 Å². The molecule has 0 aliphatic heterocycles. The van der Waals surface area contributed by atoms with Crippen molar-refractivity contribution in [1.82, 2.24) is 10.3 Å². The Bertz CT molecular complexity index is 558. The highest BCUT2D eigenvalue weighted by Crippen LogP contribution is 2.08. The summed E-state index contributed by atoms with van der Waals surface area (Å²) in [5.74, 6) is -0.285. The average Bonchev–Trinajstić information content (AvgIpc) is 2.48. The van der Waals surface area contributed by atoms with E-state index in [2.05, 4.69) is 26.2 Å². The number of rotatable bonds is 5. The van der Waals surface area contributed by atoms with Gasteiger partial charge in [0, 0.05) is 10.7 Å². The summed E-state index contributed by atoms with van der Waals surface area (Å²) >= 11 is 3.27. The zero-order valence-electron chi connectivity index (χ0n) is 10.8. The smallest absolute Gasteiger partial charge is 0.270 e. The van der Waals surface area contributed by atoms with Gasteiger partial charge in [0.1, 0.15) is 5.69 Å². The monoisotopic (exact) mass is 334 g/mol. The Balaban J connectivity index is 1.99. The van der Waals surface area contributed by atoms with Crippen LogP contribution in [0.3, 0.4) is 0 Å². The van der Waals surface area contributed by atoms with Crippen molar-refractivity contribution in [2.24, 2.45) is 0 Å². The van der Waals surface area contributed by atoms with Gasteiger partial charge in [-0.15, -0.1) is 0 Å². The lowest BCUT2D eigenvalue weighted by Crippen LogP contribution is -2.39. The SMILES string of the molecule is O=C(NC(CO)Cc1ccccc1)c1ccc(Br)cn1. The summed E-state index contributed by atoms with van der Waals surface area (Å²) in [6.07, 6.45) is 2.15. The molecule has 0 radical (unpaired) electrons. The van der Waals surface area contributed by atoms with Crippen LogP contribution in [0.4, 0.5) is 0 Å². The summed E-state index contributed by atoms with van der Waals surface area (Å²) in [5.41, 5.74) is 1.40. The van der Waals surface area contributed by atoms with Crippen LogP contribution in [0.15, 0.2) is 53.1 Å². The van der Waals surface area contributed by atoms with Crippen LogP contribution in [0.1, 0.15) is 16.1 Å². The molecule has 0 spiro atoms. The van der Waals surface area contributed by atoms with Gasteiger partial charge in [0.2, 0.25) is 0 Å². The van der Waals surface area contributed by atoms with Crippen molar-refractivity contribution in [1.29, 1.82) is 0 Å². The summed E-state index contributed by atoms with van der Waals surface area (Å²) < 4.78 is 0.817. The first-order valence-corrected chi connectivity index (χ1v) is 7.05. The van der Waals surface area contributed by atoms with Gasteiger partial charge in [-0.05, 0) is 40.0 Å². The minimum Gasteiger partial charge on any atom is -0.394 e. The van der Waals surface area contributed by atoms with Gasteiger partial charge < -0.3 is 10.4 Å². The zero-order valence-corrected chi connectivity index (χ0v) is 12.4. The van der Waals surface area contributed by atoms with Gasteiger partial charge in [0.05, 0.1) is 12.6 Å². The lowest BCUT2D eigenvalue weighted by Gasteiger charge is -2.16. The normalized spacial score (nSPS) is 11.9. The third-order valence-electron chi connectivity index (χ3n) is 2.84. The predicted octanol–water partition coefficient (Wildman–Crippen LogP) is 2.18. The molecule has 1 amide bonds. The number of hydrogen-bond donors (Lipinski definition) is 2.